The predicted molar refractivity (Wildman–Crippen MR) is 104 cm³/mol. The number of hydrogen-bond acceptors (Lipinski definition) is 4. The Morgan fingerprint density at radius 1 is 1.15 bits per heavy atom. The fraction of sp³-hybridized carbons (Fsp3) is 0.300. The number of nitrogens with one attached hydrogen (secondary N) is 1. The molecule has 2 aromatic carbocycles. The van der Waals surface area contributed by atoms with Gasteiger partial charge >= 0.3 is 0 Å². The van der Waals surface area contributed by atoms with Crippen molar-refractivity contribution in [3.8, 4) is 11.5 Å². The molecule has 0 bridgehead atoms. The van der Waals surface area contributed by atoms with Crippen LogP contribution >= 0.6 is 15.9 Å². The molecule has 0 radical (unpaired) electrons. The minimum atomic E-state index is -0.220. The first kappa shape index (κ1) is 17.9. The number of anilines is 1. The normalized spacial score (nSPS) is 15.7. The van der Waals surface area contributed by atoms with Crippen molar-refractivity contribution in [3.63, 3.8) is 0 Å². The van der Waals surface area contributed by atoms with Crippen LogP contribution in [0.15, 0.2) is 40.9 Å². The van der Waals surface area contributed by atoms with Crippen molar-refractivity contribution in [1.82, 2.24) is 4.90 Å². The van der Waals surface area contributed by atoms with Crippen molar-refractivity contribution < 1.29 is 19.1 Å². The average Bonchev–Trinajstić information content (AvgIpc) is 3.07. The summed E-state index contributed by atoms with van der Waals surface area (Å²) >= 11 is 3.46. The second-order valence-corrected chi connectivity index (χ2v) is 7.40. The first-order chi connectivity index (χ1) is 13.1. The molecule has 0 saturated carbocycles. The maximum Gasteiger partial charge on any atom is 0.255 e. The van der Waals surface area contributed by atoms with Crippen molar-refractivity contribution in [1.29, 1.82) is 0 Å². The Kier molecular flexibility index (Phi) is 5.03. The van der Waals surface area contributed by atoms with Gasteiger partial charge in [-0.2, -0.15) is 0 Å². The van der Waals surface area contributed by atoms with Crippen molar-refractivity contribution >= 4 is 33.4 Å². The third kappa shape index (κ3) is 3.93. The van der Waals surface area contributed by atoms with E-state index in [2.05, 4.69) is 21.2 Å². The van der Waals surface area contributed by atoms with E-state index in [0.29, 0.717) is 48.9 Å². The maximum absolute atomic E-state index is 12.7. The van der Waals surface area contributed by atoms with Crippen LogP contribution < -0.4 is 14.8 Å². The van der Waals surface area contributed by atoms with Gasteiger partial charge in [0.25, 0.3) is 5.91 Å². The highest BCUT2D eigenvalue weighted by molar-refractivity contribution is 9.10. The molecule has 1 fully saturated rings. The highest BCUT2D eigenvalue weighted by Gasteiger charge is 2.21. The van der Waals surface area contributed by atoms with Gasteiger partial charge in [0.15, 0.2) is 11.5 Å². The van der Waals surface area contributed by atoms with E-state index in [1.807, 2.05) is 23.1 Å². The highest BCUT2D eigenvalue weighted by atomic mass is 79.9. The van der Waals surface area contributed by atoms with Crippen LogP contribution in [0.2, 0.25) is 0 Å². The van der Waals surface area contributed by atoms with Gasteiger partial charge in [0.2, 0.25) is 5.91 Å². The van der Waals surface area contributed by atoms with E-state index < -0.39 is 0 Å². The lowest BCUT2D eigenvalue weighted by molar-refractivity contribution is -0.128. The topological polar surface area (TPSA) is 67.9 Å². The van der Waals surface area contributed by atoms with Gasteiger partial charge in [-0.15, -0.1) is 0 Å². The summed E-state index contributed by atoms with van der Waals surface area (Å²) < 4.78 is 11.8. The molecule has 2 amide bonds. The maximum atomic E-state index is 12.7. The van der Waals surface area contributed by atoms with E-state index in [1.54, 1.807) is 18.2 Å². The fourth-order valence-electron chi connectivity index (χ4n) is 3.26. The summed E-state index contributed by atoms with van der Waals surface area (Å²) in [7, 11) is 0. The molecule has 2 heterocycles. The number of likely N-dealkylation sites (tertiary alicyclic amines) is 1. The molecular formula is C20H19BrN2O4. The summed E-state index contributed by atoms with van der Waals surface area (Å²) in [6.07, 6.45) is 1.51. The van der Waals surface area contributed by atoms with Crippen molar-refractivity contribution in [2.75, 3.05) is 25.1 Å². The van der Waals surface area contributed by atoms with E-state index in [0.717, 1.165) is 23.0 Å². The van der Waals surface area contributed by atoms with Crippen LogP contribution in [0.25, 0.3) is 0 Å². The Labute approximate surface area is 165 Å². The number of ether oxygens (including phenoxy) is 2. The molecule has 0 aliphatic carbocycles. The summed E-state index contributed by atoms with van der Waals surface area (Å²) in [6, 6.07) is 10.9. The fourth-order valence-corrected chi connectivity index (χ4v) is 3.68. The molecule has 140 valence electrons. The summed E-state index contributed by atoms with van der Waals surface area (Å²) in [5.74, 6) is 1.22. The standard InChI is InChI=1S/C20H19BrN2O4/c21-15-10-17-18(27-8-7-26-17)11-16(15)22-20(25)14-4-1-3-13(9-14)12-23-6-2-5-19(23)24/h1,3-4,9-11H,2,5-8,12H2,(H,22,25). The third-order valence-corrected chi connectivity index (χ3v) is 5.27. The van der Waals surface area contributed by atoms with Crippen LogP contribution in [0.3, 0.4) is 0 Å². The number of nitrogens with zero attached hydrogens (tertiary/aromatic N) is 1. The SMILES string of the molecule is O=C(Nc1cc2c(cc1Br)OCCO2)c1cccc(CN2CCCC2=O)c1. The molecule has 27 heavy (non-hydrogen) atoms. The Morgan fingerprint density at radius 2 is 1.93 bits per heavy atom. The molecule has 1 saturated heterocycles. The molecule has 2 aromatic rings. The number of hydrogen-bond donors (Lipinski definition) is 1. The lowest BCUT2D eigenvalue weighted by atomic mass is 10.1. The minimum absolute atomic E-state index is 0.171. The smallest absolute Gasteiger partial charge is 0.255 e. The highest BCUT2D eigenvalue weighted by Crippen LogP contribution is 2.38. The van der Waals surface area contributed by atoms with Crippen LogP contribution in [0.4, 0.5) is 5.69 Å². The second-order valence-electron chi connectivity index (χ2n) is 6.55. The molecule has 1 N–H and O–H groups in total. The molecule has 2 aliphatic heterocycles. The quantitative estimate of drug-likeness (QED) is 0.804. The van der Waals surface area contributed by atoms with Crippen LogP contribution in [0, 0.1) is 0 Å². The molecule has 0 atom stereocenters. The zero-order chi connectivity index (χ0) is 18.8. The third-order valence-electron chi connectivity index (χ3n) is 4.61. The minimum Gasteiger partial charge on any atom is -0.486 e. The largest absolute Gasteiger partial charge is 0.486 e. The Bertz CT molecular complexity index is 900. The zero-order valence-corrected chi connectivity index (χ0v) is 16.3. The molecule has 6 nitrogen and oxygen atoms in total. The molecule has 7 heteroatoms. The number of rotatable bonds is 4. The lowest BCUT2D eigenvalue weighted by Crippen LogP contribution is -2.24. The lowest BCUT2D eigenvalue weighted by Gasteiger charge is -2.20. The Morgan fingerprint density at radius 3 is 2.67 bits per heavy atom. The monoisotopic (exact) mass is 430 g/mol. The first-order valence-corrected chi connectivity index (χ1v) is 9.67. The molecular weight excluding hydrogens is 412 g/mol. The van der Waals surface area contributed by atoms with Crippen molar-refractivity contribution in [2.45, 2.75) is 19.4 Å². The molecule has 0 aromatic heterocycles. The van der Waals surface area contributed by atoms with Crippen molar-refractivity contribution in [2.24, 2.45) is 0 Å². The van der Waals surface area contributed by atoms with Gasteiger partial charge in [-0.05, 0) is 40.0 Å². The first-order valence-electron chi connectivity index (χ1n) is 8.87. The van der Waals surface area contributed by atoms with Gasteiger partial charge in [-0.1, -0.05) is 12.1 Å². The number of benzene rings is 2. The summed E-state index contributed by atoms with van der Waals surface area (Å²) in [6.45, 7) is 2.31. The molecule has 0 unspecified atom stereocenters. The summed E-state index contributed by atoms with van der Waals surface area (Å²) in [4.78, 5) is 26.3. The van der Waals surface area contributed by atoms with Gasteiger partial charge < -0.3 is 19.7 Å². The van der Waals surface area contributed by atoms with Crippen LogP contribution in [-0.2, 0) is 11.3 Å². The molecule has 0 spiro atoms. The van der Waals surface area contributed by atoms with Gasteiger partial charge in [0, 0.05) is 41.7 Å². The average molecular weight is 431 g/mol. The number of fused-ring (bicyclic) bond motifs is 1. The van der Waals surface area contributed by atoms with Gasteiger partial charge in [-0.25, -0.2) is 0 Å². The molecule has 4 rings (SSSR count). The van der Waals surface area contributed by atoms with Gasteiger partial charge in [-0.3, -0.25) is 9.59 Å². The zero-order valence-electron chi connectivity index (χ0n) is 14.7. The number of carbonyl (C=O) groups is 2. The van der Waals surface area contributed by atoms with Crippen molar-refractivity contribution in [3.05, 3.63) is 52.0 Å². The second kappa shape index (κ2) is 7.60. The van der Waals surface area contributed by atoms with Crippen LogP contribution in [-0.4, -0.2) is 36.5 Å². The van der Waals surface area contributed by atoms with Gasteiger partial charge in [0.1, 0.15) is 13.2 Å². The van der Waals surface area contributed by atoms with E-state index in [1.165, 1.54) is 0 Å². The van der Waals surface area contributed by atoms with Crippen LogP contribution in [0.5, 0.6) is 11.5 Å². The van der Waals surface area contributed by atoms with E-state index in [4.69, 9.17) is 9.47 Å². The number of halogens is 1. The molecule has 2 aliphatic rings. The summed E-state index contributed by atoms with van der Waals surface area (Å²) in [5, 5.41) is 2.90. The summed E-state index contributed by atoms with van der Waals surface area (Å²) in [5.41, 5.74) is 2.10. The van der Waals surface area contributed by atoms with E-state index in [-0.39, 0.29) is 11.8 Å². The Hall–Kier alpha value is -2.54. The number of amides is 2. The Balaban J connectivity index is 1.50. The van der Waals surface area contributed by atoms with Gasteiger partial charge in [0.05, 0.1) is 5.69 Å². The predicted octanol–water partition coefficient (Wildman–Crippen LogP) is 3.60. The van der Waals surface area contributed by atoms with E-state index >= 15 is 0 Å². The number of carbonyl (C=O) groups excluding carboxylic acids is 2. The van der Waals surface area contributed by atoms with Crippen LogP contribution in [0.1, 0.15) is 28.8 Å². The van der Waals surface area contributed by atoms with E-state index in [9.17, 15) is 9.59 Å².